The van der Waals surface area contributed by atoms with Crippen LogP contribution >= 0.6 is 0 Å². The standard InChI is InChI=1S/C17H24N2O/c1-4-5-15(18)17-11-16(19-20-17)14-8-6-13(7-9-14)10-12(2)3/h6-9,11-12,15H,4-5,10,18H2,1-3H3. The van der Waals surface area contributed by atoms with Crippen LogP contribution < -0.4 is 5.73 Å². The summed E-state index contributed by atoms with van der Waals surface area (Å²) in [6.45, 7) is 6.57. The Bertz CT molecular complexity index is 528. The summed E-state index contributed by atoms with van der Waals surface area (Å²) in [5, 5.41) is 4.13. The van der Waals surface area contributed by atoms with Crippen molar-refractivity contribution < 1.29 is 4.52 Å². The molecule has 1 aromatic heterocycles. The second-order valence-electron chi connectivity index (χ2n) is 5.80. The van der Waals surface area contributed by atoms with Crippen molar-refractivity contribution in [2.24, 2.45) is 11.7 Å². The van der Waals surface area contributed by atoms with Crippen LogP contribution in [0.15, 0.2) is 34.9 Å². The highest BCUT2D eigenvalue weighted by molar-refractivity contribution is 5.59. The molecule has 0 spiro atoms. The van der Waals surface area contributed by atoms with E-state index in [-0.39, 0.29) is 6.04 Å². The van der Waals surface area contributed by atoms with Gasteiger partial charge in [0.05, 0.1) is 6.04 Å². The van der Waals surface area contributed by atoms with Gasteiger partial charge in [0.2, 0.25) is 0 Å². The molecule has 3 heteroatoms. The molecular weight excluding hydrogens is 248 g/mol. The lowest BCUT2D eigenvalue weighted by molar-refractivity contribution is 0.356. The summed E-state index contributed by atoms with van der Waals surface area (Å²) in [6.07, 6.45) is 3.06. The molecule has 2 N–H and O–H groups in total. The number of nitrogens with zero attached hydrogens (tertiary/aromatic N) is 1. The first-order chi connectivity index (χ1) is 9.60. The highest BCUT2D eigenvalue weighted by atomic mass is 16.5. The van der Waals surface area contributed by atoms with Crippen molar-refractivity contribution in [2.75, 3.05) is 0 Å². The summed E-state index contributed by atoms with van der Waals surface area (Å²) < 4.78 is 5.35. The zero-order valence-corrected chi connectivity index (χ0v) is 12.6. The van der Waals surface area contributed by atoms with Crippen LogP contribution in [0.1, 0.15) is 51.0 Å². The number of aromatic nitrogens is 1. The van der Waals surface area contributed by atoms with Gasteiger partial charge < -0.3 is 10.3 Å². The Balaban J connectivity index is 2.11. The van der Waals surface area contributed by atoms with E-state index in [4.69, 9.17) is 10.3 Å². The van der Waals surface area contributed by atoms with Gasteiger partial charge in [-0.15, -0.1) is 0 Å². The minimum Gasteiger partial charge on any atom is -0.359 e. The number of hydrogen-bond donors (Lipinski definition) is 1. The molecule has 0 aliphatic carbocycles. The lowest BCUT2D eigenvalue weighted by Crippen LogP contribution is -2.08. The van der Waals surface area contributed by atoms with Gasteiger partial charge in [0, 0.05) is 11.6 Å². The first-order valence-corrected chi connectivity index (χ1v) is 7.41. The van der Waals surface area contributed by atoms with E-state index in [2.05, 4.69) is 50.2 Å². The van der Waals surface area contributed by atoms with Gasteiger partial charge in [-0.25, -0.2) is 0 Å². The fourth-order valence-electron chi connectivity index (χ4n) is 2.34. The molecule has 0 bridgehead atoms. The number of hydrogen-bond acceptors (Lipinski definition) is 3. The first kappa shape index (κ1) is 14.8. The Hall–Kier alpha value is -1.61. The lowest BCUT2D eigenvalue weighted by Gasteiger charge is -2.05. The van der Waals surface area contributed by atoms with E-state index in [1.165, 1.54) is 5.56 Å². The maximum Gasteiger partial charge on any atom is 0.154 e. The average Bonchev–Trinajstić information content (AvgIpc) is 2.89. The van der Waals surface area contributed by atoms with Gasteiger partial charge >= 0.3 is 0 Å². The molecule has 2 rings (SSSR count). The monoisotopic (exact) mass is 272 g/mol. The fourth-order valence-corrected chi connectivity index (χ4v) is 2.34. The Labute approximate surface area is 121 Å². The van der Waals surface area contributed by atoms with E-state index in [0.717, 1.165) is 36.3 Å². The summed E-state index contributed by atoms with van der Waals surface area (Å²) in [7, 11) is 0. The summed E-state index contributed by atoms with van der Waals surface area (Å²) in [5.41, 5.74) is 9.34. The maximum atomic E-state index is 6.04. The van der Waals surface area contributed by atoms with Crippen LogP contribution in [0.2, 0.25) is 0 Å². The highest BCUT2D eigenvalue weighted by Crippen LogP contribution is 2.24. The zero-order chi connectivity index (χ0) is 14.5. The molecule has 0 fully saturated rings. The van der Waals surface area contributed by atoms with Crippen LogP contribution in [0.4, 0.5) is 0 Å². The maximum absolute atomic E-state index is 6.04. The van der Waals surface area contributed by atoms with Gasteiger partial charge in [0.15, 0.2) is 5.76 Å². The van der Waals surface area contributed by atoms with E-state index in [0.29, 0.717) is 5.92 Å². The minimum atomic E-state index is -0.0542. The summed E-state index contributed by atoms with van der Waals surface area (Å²) >= 11 is 0. The first-order valence-electron chi connectivity index (χ1n) is 7.41. The Morgan fingerprint density at radius 2 is 1.90 bits per heavy atom. The number of rotatable bonds is 6. The Morgan fingerprint density at radius 3 is 2.50 bits per heavy atom. The van der Waals surface area contributed by atoms with E-state index < -0.39 is 0 Å². The van der Waals surface area contributed by atoms with Crippen LogP contribution in [-0.2, 0) is 6.42 Å². The molecule has 0 amide bonds. The summed E-state index contributed by atoms with van der Waals surface area (Å²) in [4.78, 5) is 0. The molecule has 108 valence electrons. The molecule has 0 saturated heterocycles. The molecule has 0 saturated carbocycles. The lowest BCUT2D eigenvalue weighted by atomic mass is 10.0. The third-order valence-corrected chi connectivity index (χ3v) is 3.39. The molecule has 3 nitrogen and oxygen atoms in total. The second-order valence-corrected chi connectivity index (χ2v) is 5.80. The molecule has 1 unspecified atom stereocenters. The third-order valence-electron chi connectivity index (χ3n) is 3.39. The van der Waals surface area contributed by atoms with Crippen molar-refractivity contribution in [3.63, 3.8) is 0 Å². The molecule has 1 aromatic carbocycles. The van der Waals surface area contributed by atoms with Crippen LogP contribution in [-0.4, -0.2) is 5.16 Å². The van der Waals surface area contributed by atoms with Crippen molar-refractivity contribution >= 4 is 0 Å². The second kappa shape index (κ2) is 6.71. The smallest absolute Gasteiger partial charge is 0.154 e. The van der Waals surface area contributed by atoms with Gasteiger partial charge in [0.1, 0.15) is 5.69 Å². The van der Waals surface area contributed by atoms with Crippen molar-refractivity contribution in [1.82, 2.24) is 5.16 Å². The average molecular weight is 272 g/mol. The zero-order valence-electron chi connectivity index (χ0n) is 12.6. The predicted molar refractivity (Wildman–Crippen MR) is 82.3 cm³/mol. The molecule has 20 heavy (non-hydrogen) atoms. The third kappa shape index (κ3) is 3.70. The summed E-state index contributed by atoms with van der Waals surface area (Å²) in [5.74, 6) is 1.44. The molecule has 1 heterocycles. The molecular formula is C17H24N2O. The van der Waals surface area contributed by atoms with Gasteiger partial charge in [-0.05, 0) is 24.3 Å². The molecule has 2 aromatic rings. The van der Waals surface area contributed by atoms with Gasteiger partial charge in [-0.3, -0.25) is 0 Å². The normalized spacial score (nSPS) is 12.8. The van der Waals surface area contributed by atoms with E-state index in [1.807, 2.05) is 6.07 Å². The van der Waals surface area contributed by atoms with Gasteiger partial charge in [0.25, 0.3) is 0 Å². The van der Waals surface area contributed by atoms with Crippen LogP contribution in [0.25, 0.3) is 11.3 Å². The van der Waals surface area contributed by atoms with Crippen LogP contribution in [0.3, 0.4) is 0 Å². The van der Waals surface area contributed by atoms with Crippen LogP contribution in [0.5, 0.6) is 0 Å². The van der Waals surface area contributed by atoms with Gasteiger partial charge in [-0.1, -0.05) is 56.6 Å². The quantitative estimate of drug-likeness (QED) is 0.851. The van der Waals surface area contributed by atoms with Crippen molar-refractivity contribution in [2.45, 2.75) is 46.1 Å². The predicted octanol–water partition coefficient (Wildman–Crippen LogP) is 4.34. The number of nitrogens with two attached hydrogens (primary N) is 1. The van der Waals surface area contributed by atoms with Crippen LogP contribution in [0, 0.1) is 5.92 Å². The molecule has 1 atom stereocenters. The molecule has 0 aliphatic heterocycles. The Kier molecular flexibility index (Phi) is 4.96. The topological polar surface area (TPSA) is 52.0 Å². The van der Waals surface area contributed by atoms with E-state index in [1.54, 1.807) is 0 Å². The number of benzene rings is 1. The van der Waals surface area contributed by atoms with Crippen molar-refractivity contribution in [3.8, 4) is 11.3 Å². The minimum absolute atomic E-state index is 0.0542. The fraction of sp³-hybridized carbons (Fsp3) is 0.471. The molecule has 0 radical (unpaired) electrons. The largest absolute Gasteiger partial charge is 0.359 e. The molecule has 0 aliphatic rings. The Morgan fingerprint density at radius 1 is 1.20 bits per heavy atom. The highest BCUT2D eigenvalue weighted by Gasteiger charge is 2.12. The van der Waals surface area contributed by atoms with Crippen molar-refractivity contribution in [3.05, 3.63) is 41.7 Å². The van der Waals surface area contributed by atoms with E-state index >= 15 is 0 Å². The van der Waals surface area contributed by atoms with E-state index in [9.17, 15) is 0 Å². The van der Waals surface area contributed by atoms with Gasteiger partial charge in [-0.2, -0.15) is 0 Å². The van der Waals surface area contributed by atoms with Crippen molar-refractivity contribution in [1.29, 1.82) is 0 Å². The summed E-state index contributed by atoms with van der Waals surface area (Å²) in [6, 6.07) is 10.4. The SMILES string of the molecule is CCCC(N)c1cc(-c2ccc(CC(C)C)cc2)no1.